The first-order valence-electron chi connectivity index (χ1n) is 8.26. The van der Waals surface area contributed by atoms with Crippen molar-refractivity contribution in [1.29, 1.82) is 0 Å². The second-order valence-electron chi connectivity index (χ2n) is 7.03. The lowest BCUT2D eigenvalue weighted by molar-refractivity contribution is -0.118. The number of hydrogen-bond donors (Lipinski definition) is 2. The van der Waals surface area contributed by atoms with Crippen molar-refractivity contribution >= 4 is 17.5 Å². The fraction of sp³-hybridized carbons (Fsp3) is 0.556. The van der Waals surface area contributed by atoms with E-state index in [1.165, 1.54) is 0 Å². The maximum atomic E-state index is 12.6. The van der Waals surface area contributed by atoms with Crippen LogP contribution in [0.1, 0.15) is 48.5 Å². The lowest BCUT2D eigenvalue weighted by atomic mass is 9.85. The van der Waals surface area contributed by atoms with Gasteiger partial charge in [0.15, 0.2) is 0 Å². The number of fused-ring (bicyclic) bond motifs is 1. The van der Waals surface area contributed by atoms with Crippen molar-refractivity contribution in [3.05, 3.63) is 29.3 Å². The molecule has 3 rings (SSSR count). The number of nitrogens with zero attached hydrogens (tertiary/aromatic N) is 1. The molecule has 2 amide bonds. The van der Waals surface area contributed by atoms with E-state index >= 15 is 0 Å². The lowest BCUT2D eigenvalue weighted by Crippen LogP contribution is -2.44. The predicted molar refractivity (Wildman–Crippen MR) is 88.5 cm³/mol. The van der Waals surface area contributed by atoms with Crippen LogP contribution in [0.5, 0.6) is 0 Å². The average Bonchev–Trinajstić information content (AvgIpc) is 2.92. The molecule has 1 aliphatic carbocycles. The van der Waals surface area contributed by atoms with Gasteiger partial charge in [0.25, 0.3) is 5.91 Å². The van der Waals surface area contributed by atoms with Gasteiger partial charge in [-0.3, -0.25) is 9.59 Å². The molecule has 0 radical (unpaired) electrons. The number of aliphatic hydroxyl groups excluding tert-OH is 1. The van der Waals surface area contributed by atoms with Crippen molar-refractivity contribution in [2.45, 2.75) is 45.1 Å². The van der Waals surface area contributed by atoms with Crippen LogP contribution in [0.3, 0.4) is 0 Å². The Bertz CT molecular complexity index is 643. The summed E-state index contributed by atoms with van der Waals surface area (Å²) in [5.41, 5.74) is 2.32. The molecule has 1 saturated carbocycles. The van der Waals surface area contributed by atoms with Gasteiger partial charge in [-0.05, 0) is 43.0 Å². The minimum absolute atomic E-state index is 0.0142. The van der Waals surface area contributed by atoms with Gasteiger partial charge < -0.3 is 15.3 Å². The summed E-state index contributed by atoms with van der Waals surface area (Å²) in [4.78, 5) is 25.9. The van der Waals surface area contributed by atoms with Crippen molar-refractivity contribution in [2.75, 3.05) is 18.6 Å². The molecular formula is C18H24N2O3. The van der Waals surface area contributed by atoms with E-state index in [0.29, 0.717) is 18.4 Å². The molecule has 2 aliphatic rings. The van der Waals surface area contributed by atoms with E-state index in [0.717, 1.165) is 30.5 Å². The van der Waals surface area contributed by atoms with Gasteiger partial charge in [-0.25, -0.2) is 0 Å². The summed E-state index contributed by atoms with van der Waals surface area (Å²) in [6.07, 6.45) is 4.03. The molecular weight excluding hydrogens is 292 g/mol. The number of hydrogen-bond acceptors (Lipinski definition) is 3. The van der Waals surface area contributed by atoms with E-state index in [2.05, 4.69) is 5.32 Å². The molecule has 1 aromatic carbocycles. The fourth-order valence-corrected chi connectivity index (χ4v) is 3.71. The maximum absolute atomic E-state index is 12.6. The van der Waals surface area contributed by atoms with Gasteiger partial charge in [-0.1, -0.05) is 13.3 Å². The zero-order chi connectivity index (χ0) is 16.6. The van der Waals surface area contributed by atoms with Crippen LogP contribution in [0.2, 0.25) is 0 Å². The van der Waals surface area contributed by atoms with Gasteiger partial charge in [0.05, 0.1) is 6.61 Å². The summed E-state index contributed by atoms with van der Waals surface area (Å²) in [6.45, 7) is 2.12. The largest absolute Gasteiger partial charge is 0.396 e. The standard InChI is InChI=1S/C18H24N2O3/c1-18(11-21)9-3-4-15(18)19-17(23)13-5-7-14-12(10-13)6-8-16(22)20(14)2/h5,7,10,15,21H,3-4,6,8-9,11H2,1-2H3,(H,19,23). The summed E-state index contributed by atoms with van der Waals surface area (Å²) in [5, 5.41) is 12.7. The number of carbonyl (C=O) groups excluding carboxylic acids is 2. The smallest absolute Gasteiger partial charge is 0.251 e. The topological polar surface area (TPSA) is 69.6 Å². The average molecular weight is 316 g/mol. The normalized spacial score (nSPS) is 27.0. The quantitative estimate of drug-likeness (QED) is 0.894. The summed E-state index contributed by atoms with van der Waals surface area (Å²) in [6, 6.07) is 5.52. The molecule has 0 saturated heterocycles. The van der Waals surface area contributed by atoms with E-state index < -0.39 is 0 Å². The Balaban J connectivity index is 1.77. The molecule has 0 spiro atoms. The third-order valence-electron chi connectivity index (χ3n) is 5.43. The Morgan fingerprint density at radius 3 is 2.96 bits per heavy atom. The molecule has 124 valence electrons. The summed E-state index contributed by atoms with van der Waals surface area (Å²) < 4.78 is 0. The van der Waals surface area contributed by atoms with Gasteiger partial charge >= 0.3 is 0 Å². The summed E-state index contributed by atoms with van der Waals surface area (Å²) in [7, 11) is 1.77. The van der Waals surface area contributed by atoms with Crippen LogP contribution in [-0.4, -0.2) is 36.6 Å². The molecule has 2 atom stereocenters. The van der Waals surface area contributed by atoms with Crippen molar-refractivity contribution in [2.24, 2.45) is 5.41 Å². The van der Waals surface area contributed by atoms with E-state index in [4.69, 9.17) is 0 Å². The van der Waals surface area contributed by atoms with Crippen LogP contribution >= 0.6 is 0 Å². The first kappa shape index (κ1) is 16.0. The van der Waals surface area contributed by atoms with Gasteiger partial charge in [-0.2, -0.15) is 0 Å². The molecule has 5 nitrogen and oxygen atoms in total. The number of rotatable bonds is 3. The van der Waals surface area contributed by atoms with E-state index in [9.17, 15) is 14.7 Å². The Labute approximate surface area is 136 Å². The van der Waals surface area contributed by atoms with Crippen LogP contribution in [0.15, 0.2) is 18.2 Å². The van der Waals surface area contributed by atoms with Gasteiger partial charge in [0, 0.05) is 36.2 Å². The Kier molecular flexibility index (Phi) is 4.15. The number of aliphatic hydroxyl groups is 1. The van der Waals surface area contributed by atoms with E-state index in [-0.39, 0.29) is 29.9 Å². The highest BCUT2D eigenvalue weighted by Crippen LogP contribution is 2.37. The van der Waals surface area contributed by atoms with Crippen molar-refractivity contribution < 1.29 is 14.7 Å². The summed E-state index contributed by atoms with van der Waals surface area (Å²) >= 11 is 0. The van der Waals surface area contributed by atoms with Crippen LogP contribution in [0.25, 0.3) is 0 Å². The number of amides is 2. The van der Waals surface area contributed by atoms with Crippen LogP contribution in [0, 0.1) is 5.41 Å². The Morgan fingerprint density at radius 1 is 1.43 bits per heavy atom. The highest BCUT2D eigenvalue weighted by Gasteiger charge is 2.39. The second-order valence-corrected chi connectivity index (χ2v) is 7.03. The molecule has 1 fully saturated rings. The predicted octanol–water partition coefficient (Wildman–Crippen LogP) is 1.88. The highest BCUT2D eigenvalue weighted by molar-refractivity contribution is 5.99. The SMILES string of the molecule is CN1C(=O)CCc2cc(C(=O)NC3CCCC3(C)CO)ccc21. The summed E-state index contributed by atoms with van der Waals surface area (Å²) in [5.74, 6) is 0.0123. The first-order chi connectivity index (χ1) is 10.9. The van der Waals surface area contributed by atoms with Crippen molar-refractivity contribution in [1.82, 2.24) is 5.32 Å². The van der Waals surface area contributed by atoms with Crippen LogP contribution in [0.4, 0.5) is 5.69 Å². The highest BCUT2D eigenvalue weighted by atomic mass is 16.3. The third kappa shape index (κ3) is 2.85. The minimum atomic E-state index is -0.226. The zero-order valence-corrected chi connectivity index (χ0v) is 13.8. The number of nitrogens with one attached hydrogen (secondary N) is 1. The van der Waals surface area contributed by atoms with Gasteiger partial charge in [0.1, 0.15) is 0 Å². The zero-order valence-electron chi connectivity index (χ0n) is 13.8. The second kappa shape index (κ2) is 5.96. The number of aryl methyl sites for hydroxylation is 1. The van der Waals surface area contributed by atoms with E-state index in [1.54, 1.807) is 18.0 Å². The molecule has 1 heterocycles. The van der Waals surface area contributed by atoms with Crippen molar-refractivity contribution in [3.63, 3.8) is 0 Å². The maximum Gasteiger partial charge on any atom is 0.251 e. The lowest BCUT2D eigenvalue weighted by Gasteiger charge is -2.30. The van der Waals surface area contributed by atoms with Gasteiger partial charge in [0.2, 0.25) is 5.91 Å². The molecule has 0 aromatic heterocycles. The molecule has 1 aromatic rings. The number of benzene rings is 1. The van der Waals surface area contributed by atoms with Crippen LogP contribution in [-0.2, 0) is 11.2 Å². The van der Waals surface area contributed by atoms with E-state index in [1.807, 2.05) is 19.1 Å². The minimum Gasteiger partial charge on any atom is -0.396 e. The Hall–Kier alpha value is -1.88. The molecule has 2 N–H and O–H groups in total. The molecule has 5 heteroatoms. The van der Waals surface area contributed by atoms with Gasteiger partial charge in [-0.15, -0.1) is 0 Å². The Morgan fingerprint density at radius 2 is 2.22 bits per heavy atom. The third-order valence-corrected chi connectivity index (χ3v) is 5.43. The number of carbonyl (C=O) groups is 2. The molecule has 1 aliphatic heterocycles. The molecule has 0 bridgehead atoms. The molecule has 23 heavy (non-hydrogen) atoms. The monoisotopic (exact) mass is 316 g/mol. The fourth-order valence-electron chi connectivity index (χ4n) is 3.71. The molecule has 2 unspecified atom stereocenters. The first-order valence-corrected chi connectivity index (χ1v) is 8.26. The van der Waals surface area contributed by atoms with Crippen LogP contribution < -0.4 is 10.2 Å². The van der Waals surface area contributed by atoms with Crippen molar-refractivity contribution in [3.8, 4) is 0 Å². The number of anilines is 1.